The highest BCUT2D eigenvalue weighted by atomic mass is 19.4. The van der Waals surface area contributed by atoms with Gasteiger partial charge in [0.05, 0.1) is 12.1 Å². The average molecular weight is 420 g/mol. The van der Waals surface area contributed by atoms with Gasteiger partial charge in [0.2, 0.25) is 0 Å². The van der Waals surface area contributed by atoms with Gasteiger partial charge in [-0.3, -0.25) is 4.90 Å². The summed E-state index contributed by atoms with van der Waals surface area (Å²) in [5.74, 6) is 5.73. The molecule has 29 heavy (non-hydrogen) atoms. The van der Waals surface area contributed by atoms with Crippen molar-refractivity contribution in [2.75, 3.05) is 32.7 Å². The smallest absolute Gasteiger partial charge is 0.357 e. The van der Waals surface area contributed by atoms with Gasteiger partial charge >= 0.3 is 12.4 Å². The van der Waals surface area contributed by atoms with Crippen LogP contribution in [0, 0.1) is 11.8 Å². The maximum Gasteiger partial charge on any atom is 0.416 e. The maximum absolute atomic E-state index is 12.7. The SMILES string of the molecule is CCNC(=NCC#Cc1cccc(C(F)(F)F)c1)NC1CCN(CC(F)(F)F)C1. The Labute approximate surface area is 165 Å². The van der Waals surface area contributed by atoms with Gasteiger partial charge in [0.15, 0.2) is 5.96 Å². The van der Waals surface area contributed by atoms with Crippen LogP contribution in [-0.2, 0) is 6.18 Å². The van der Waals surface area contributed by atoms with E-state index in [4.69, 9.17) is 0 Å². The number of rotatable bonds is 4. The van der Waals surface area contributed by atoms with Crippen LogP contribution in [0.5, 0.6) is 0 Å². The van der Waals surface area contributed by atoms with Gasteiger partial charge in [-0.25, -0.2) is 4.99 Å². The predicted octanol–water partition coefficient (Wildman–Crippen LogP) is 3.25. The summed E-state index contributed by atoms with van der Waals surface area (Å²) in [4.78, 5) is 5.55. The molecule has 0 saturated carbocycles. The standard InChI is InChI=1S/C19H22F6N4/c1-2-26-17(28-16-8-10-29(12-16)13-18(20,21)22)27-9-4-6-14-5-3-7-15(11-14)19(23,24)25/h3,5,7,11,16H,2,8-10,12-13H2,1H3,(H2,26,27,28). The summed E-state index contributed by atoms with van der Waals surface area (Å²) in [6, 6.07) is 4.53. The van der Waals surface area contributed by atoms with E-state index in [0.29, 0.717) is 25.5 Å². The quantitative estimate of drug-likeness (QED) is 0.340. The second-order valence-corrected chi connectivity index (χ2v) is 6.56. The second kappa shape index (κ2) is 9.87. The van der Waals surface area contributed by atoms with Crippen molar-refractivity contribution in [1.29, 1.82) is 0 Å². The number of likely N-dealkylation sites (tertiary alicyclic amines) is 1. The van der Waals surface area contributed by atoms with Gasteiger partial charge in [0.1, 0.15) is 6.54 Å². The van der Waals surface area contributed by atoms with Crippen LogP contribution >= 0.6 is 0 Å². The first kappa shape index (κ1) is 22.9. The average Bonchev–Trinajstić information content (AvgIpc) is 3.03. The van der Waals surface area contributed by atoms with Crippen molar-refractivity contribution < 1.29 is 26.3 Å². The second-order valence-electron chi connectivity index (χ2n) is 6.56. The Bertz CT molecular complexity index is 760. The number of nitrogens with zero attached hydrogens (tertiary/aromatic N) is 2. The van der Waals surface area contributed by atoms with Crippen LogP contribution < -0.4 is 10.6 Å². The molecule has 1 aliphatic rings. The van der Waals surface area contributed by atoms with E-state index in [1.54, 1.807) is 0 Å². The van der Waals surface area contributed by atoms with Crippen molar-refractivity contribution in [3.63, 3.8) is 0 Å². The zero-order valence-corrected chi connectivity index (χ0v) is 15.8. The molecular weight excluding hydrogens is 398 g/mol. The van der Waals surface area contributed by atoms with Crippen molar-refractivity contribution >= 4 is 5.96 Å². The molecule has 0 amide bonds. The monoisotopic (exact) mass is 420 g/mol. The molecule has 0 bridgehead atoms. The van der Waals surface area contributed by atoms with E-state index in [-0.39, 0.29) is 24.7 Å². The highest BCUT2D eigenvalue weighted by Gasteiger charge is 2.34. The highest BCUT2D eigenvalue weighted by Crippen LogP contribution is 2.29. The fourth-order valence-corrected chi connectivity index (χ4v) is 2.89. The van der Waals surface area contributed by atoms with Crippen LogP contribution in [0.25, 0.3) is 0 Å². The van der Waals surface area contributed by atoms with Crippen molar-refractivity contribution in [1.82, 2.24) is 15.5 Å². The number of hydrogen-bond acceptors (Lipinski definition) is 2. The Morgan fingerprint density at radius 2 is 2.00 bits per heavy atom. The van der Waals surface area contributed by atoms with Gasteiger partial charge in [-0.15, -0.1) is 0 Å². The number of halogens is 6. The van der Waals surface area contributed by atoms with Crippen LogP contribution in [0.3, 0.4) is 0 Å². The Morgan fingerprint density at radius 3 is 2.66 bits per heavy atom. The molecule has 2 rings (SSSR count). The molecule has 0 radical (unpaired) electrons. The Balaban J connectivity index is 1.93. The van der Waals surface area contributed by atoms with Crippen LogP contribution in [-0.4, -0.2) is 55.8 Å². The Morgan fingerprint density at radius 1 is 1.24 bits per heavy atom. The number of nitrogens with one attached hydrogen (secondary N) is 2. The topological polar surface area (TPSA) is 39.7 Å². The third kappa shape index (κ3) is 8.23. The largest absolute Gasteiger partial charge is 0.416 e. The molecule has 160 valence electrons. The minimum atomic E-state index is -4.43. The zero-order chi connectivity index (χ0) is 21.5. The van der Waals surface area contributed by atoms with Crippen LogP contribution in [0.4, 0.5) is 26.3 Å². The molecule has 1 saturated heterocycles. The summed E-state index contributed by atoms with van der Waals surface area (Å²) < 4.78 is 75.6. The van der Waals surface area contributed by atoms with Crippen molar-refractivity contribution in [2.45, 2.75) is 31.7 Å². The molecule has 1 fully saturated rings. The molecule has 0 spiro atoms. The summed E-state index contributed by atoms with van der Waals surface area (Å²) in [5.41, 5.74) is -0.543. The summed E-state index contributed by atoms with van der Waals surface area (Å²) in [6.45, 7) is 2.07. The van der Waals surface area contributed by atoms with E-state index >= 15 is 0 Å². The lowest BCUT2D eigenvalue weighted by Crippen LogP contribution is -2.45. The fourth-order valence-electron chi connectivity index (χ4n) is 2.89. The molecule has 10 heteroatoms. The van der Waals surface area contributed by atoms with Gasteiger partial charge in [0, 0.05) is 31.2 Å². The molecule has 1 atom stereocenters. The fraction of sp³-hybridized carbons (Fsp3) is 0.526. The van der Waals surface area contributed by atoms with E-state index in [1.165, 1.54) is 17.0 Å². The number of aliphatic imine (C=N–C) groups is 1. The van der Waals surface area contributed by atoms with Gasteiger partial charge in [-0.05, 0) is 31.5 Å². The molecule has 1 unspecified atom stereocenters. The van der Waals surface area contributed by atoms with Crippen molar-refractivity contribution in [3.8, 4) is 11.8 Å². The van der Waals surface area contributed by atoms with Gasteiger partial charge in [0.25, 0.3) is 0 Å². The number of alkyl halides is 6. The lowest BCUT2D eigenvalue weighted by molar-refractivity contribution is -0.143. The van der Waals surface area contributed by atoms with E-state index in [9.17, 15) is 26.3 Å². The lowest BCUT2D eigenvalue weighted by atomic mass is 10.1. The van der Waals surface area contributed by atoms with E-state index in [0.717, 1.165) is 12.1 Å². The molecule has 0 aliphatic carbocycles. The summed E-state index contributed by atoms with van der Waals surface area (Å²) in [5, 5.41) is 6.06. The van der Waals surface area contributed by atoms with E-state index < -0.39 is 24.5 Å². The predicted molar refractivity (Wildman–Crippen MR) is 98.3 cm³/mol. The van der Waals surface area contributed by atoms with Crippen LogP contribution in [0.15, 0.2) is 29.3 Å². The third-order valence-corrected chi connectivity index (χ3v) is 4.10. The first-order valence-corrected chi connectivity index (χ1v) is 9.07. The summed E-state index contributed by atoms with van der Waals surface area (Å²) in [6.07, 6.45) is -8.11. The molecule has 1 aliphatic heterocycles. The number of benzene rings is 1. The molecule has 1 aromatic rings. The highest BCUT2D eigenvalue weighted by molar-refractivity contribution is 5.80. The molecule has 2 N–H and O–H groups in total. The molecule has 0 aromatic heterocycles. The van der Waals surface area contributed by atoms with Gasteiger partial charge in [-0.1, -0.05) is 17.9 Å². The van der Waals surface area contributed by atoms with Gasteiger partial charge in [-0.2, -0.15) is 26.3 Å². The number of hydrogen-bond donors (Lipinski definition) is 2. The molecule has 1 heterocycles. The van der Waals surface area contributed by atoms with Crippen molar-refractivity contribution in [3.05, 3.63) is 35.4 Å². The minimum Gasteiger partial charge on any atom is -0.357 e. The minimum absolute atomic E-state index is 0.0323. The first-order valence-electron chi connectivity index (χ1n) is 9.07. The normalized spacial score (nSPS) is 18.3. The summed E-state index contributed by atoms with van der Waals surface area (Å²) in [7, 11) is 0. The van der Waals surface area contributed by atoms with Crippen LogP contribution in [0.1, 0.15) is 24.5 Å². The molecule has 4 nitrogen and oxygen atoms in total. The first-order chi connectivity index (χ1) is 13.6. The lowest BCUT2D eigenvalue weighted by Gasteiger charge is -2.19. The van der Waals surface area contributed by atoms with Crippen LogP contribution in [0.2, 0.25) is 0 Å². The zero-order valence-electron chi connectivity index (χ0n) is 15.8. The summed E-state index contributed by atoms with van der Waals surface area (Å²) >= 11 is 0. The molecular formula is C19H22F6N4. The van der Waals surface area contributed by atoms with Crippen molar-refractivity contribution in [2.24, 2.45) is 4.99 Å². The number of guanidine groups is 1. The Kier molecular flexibility index (Phi) is 7.79. The van der Waals surface area contributed by atoms with E-state index in [2.05, 4.69) is 27.5 Å². The maximum atomic E-state index is 12.7. The van der Waals surface area contributed by atoms with E-state index in [1.807, 2.05) is 6.92 Å². The Hall–Kier alpha value is -2.41. The van der Waals surface area contributed by atoms with Gasteiger partial charge < -0.3 is 10.6 Å². The molecule has 1 aromatic carbocycles. The third-order valence-electron chi connectivity index (χ3n) is 4.10.